The first-order chi connectivity index (χ1) is 13.6. The smallest absolute Gasteiger partial charge is 0.257 e. The molecule has 0 saturated carbocycles. The van der Waals surface area contributed by atoms with Crippen molar-refractivity contribution in [3.05, 3.63) is 94.3 Å². The van der Waals surface area contributed by atoms with Crippen molar-refractivity contribution >= 4 is 34.5 Å². The number of carbonyl (C=O) groups excluding carboxylic acids is 1. The molecule has 0 fully saturated rings. The Hall–Kier alpha value is -2.95. The van der Waals surface area contributed by atoms with Crippen molar-refractivity contribution in [2.45, 2.75) is 6.92 Å². The highest BCUT2D eigenvalue weighted by atomic mass is 35.5. The van der Waals surface area contributed by atoms with E-state index in [0.29, 0.717) is 16.3 Å². The average molecular weight is 405 g/mol. The maximum Gasteiger partial charge on any atom is 0.257 e. The zero-order valence-corrected chi connectivity index (χ0v) is 16.7. The van der Waals surface area contributed by atoms with Crippen molar-refractivity contribution in [1.29, 1.82) is 0 Å². The van der Waals surface area contributed by atoms with E-state index < -0.39 is 0 Å². The molecule has 0 aliphatic carbocycles. The van der Waals surface area contributed by atoms with Crippen LogP contribution in [-0.2, 0) is 0 Å². The molecule has 0 spiro atoms. The van der Waals surface area contributed by atoms with Crippen molar-refractivity contribution in [3.8, 4) is 21.8 Å². The number of rotatable bonds is 4. The summed E-state index contributed by atoms with van der Waals surface area (Å²) in [5, 5.41) is 6.37. The molecule has 0 aliphatic rings. The highest BCUT2D eigenvalue weighted by Gasteiger charge is 2.11. The van der Waals surface area contributed by atoms with Crippen LogP contribution < -0.4 is 5.32 Å². The summed E-state index contributed by atoms with van der Waals surface area (Å²) in [6.45, 7) is 2.09. The first kappa shape index (κ1) is 18.4. The van der Waals surface area contributed by atoms with E-state index in [1.165, 1.54) is 5.56 Å². The summed E-state index contributed by atoms with van der Waals surface area (Å²) in [6, 6.07) is 22.9. The number of anilines is 1. The second-order valence-electron chi connectivity index (χ2n) is 6.36. The van der Waals surface area contributed by atoms with E-state index >= 15 is 0 Å². The normalized spacial score (nSPS) is 10.6. The molecule has 138 valence electrons. The molecule has 1 aromatic heterocycles. The zero-order valence-electron chi connectivity index (χ0n) is 15.1. The van der Waals surface area contributed by atoms with Gasteiger partial charge in [0.1, 0.15) is 5.01 Å². The third kappa shape index (κ3) is 3.84. The van der Waals surface area contributed by atoms with Crippen LogP contribution in [-0.4, -0.2) is 10.9 Å². The lowest BCUT2D eigenvalue weighted by molar-refractivity contribution is 0.102. The Morgan fingerprint density at radius 3 is 2.43 bits per heavy atom. The zero-order chi connectivity index (χ0) is 19.5. The fraction of sp³-hybridized carbons (Fsp3) is 0.0435. The molecule has 0 radical (unpaired) electrons. The Bertz CT molecular complexity index is 1140. The summed E-state index contributed by atoms with van der Waals surface area (Å²) >= 11 is 7.72. The summed E-state index contributed by atoms with van der Waals surface area (Å²) in [5.41, 5.74) is 5.46. The Morgan fingerprint density at radius 1 is 0.964 bits per heavy atom. The van der Waals surface area contributed by atoms with E-state index in [-0.39, 0.29) is 5.91 Å². The van der Waals surface area contributed by atoms with Gasteiger partial charge in [-0.2, -0.15) is 0 Å². The summed E-state index contributed by atoms with van der Waals surface area (Å²) in [5.74, 6) is -0.228. The van der Waals surface area contributed by atoms with E-state index in [0.717, 1.165) is 21.8 Å². The Morgan fingerprint density at radius 2 is 1.68 bits per heavy atom. The number of nitrogens with one attached hydrogen (secondary N) is 1. The third-order valence-electron chi connectivity index (χ3n) is 4.44. The minimum Gasteiger partial charge on any atom is -0.322 e. The van der Waals surface area contributed by atoms with Gasteiger partial charge in [0.15, 0.2) is 0 Å². The van der Waals surface area contributed by atoms with Crippen molar-refractivity contribution in [2.24, 2.45) is 0 Å². The Balaban J connectivity index is 1.52. The van der Waals surface area contributed by atoms with E-state index in [4.69, 9.17) is 16.6 Å². The molecule has 0 saturated heterocycles. The SMILES string of the molecule is Cc1ccccc1-c1nc(-c2ccc(NC(=O)c3ccccc3Cl)cc2)cs1. The molecular formula is C23H17ClN2OS. The first-order valence-corrected chi connectivity index (χ1v) is 10.1. The summed E-state index contributed by atoms with van der Waals surface area (Å²) in [7, 11) is 0. The van der Waals surface area contributed by atoms with Crippen molar-refractivity contribution in [1.82, 2.24) is 4.98 Å². The number of amides is 1. The number of aromatic nitrogens is 1. The molecule has 1 N–H and O–H groups in total. The van der Waals surface area contributed by atoms with Gasteiger partial charge < -0.3 is 5.32 Å². The van der Waals surface area contributed by atoms with Crippen LogP contribution in [0.1, 0.15) is 15.9 Å². The van der Waals surface area contributed by atoms with E-state index in [1.54, 1.807) is 35.6 Å². The summed E-state index contributed by atoms with van der Waals surface area (Å²) < 4.78 is 0. The van der Waals surface area contributed by atoms with Gasteiger partial charge in [-0.15, -0.1) is 11.3 Å². The molecule has 3 aromatic carbocycles. The largest absolute Gasteiger partial charge is 0.322 e. The predicted octanol–water partition coefficient (Wildman–Crippen LogP) is 6.69. The van der Waals surface area contributed by atoms with Gasteiger partial charge >= 0.3 is 0 Å². The molecular weight excluding hydrogens is 388 g/mol. The quantitative estimate of drug-likeness (QED) is 0.411. The lowest BCUT2D eigenvalue weighted by Crippen LogP contribution is -2.12. The number of aryl methyl sites for hydroxylation is 1. The van der Waals surface area contributed by atoms with Gasteiger partial charge in [0.2, 0.25) is 0 Å². The molecule has 4 rings (SSSR count). The molecule has 3 nitrogen and oxygen atoms in total. The number of halogens is 1. The standard InChI is InChI=1S/C23H17ClN2OS/c1-15-6-2-3-7-18(15)23-26-21(14-28-23)16-10-12-17(13-11-16)25-22(27)19-8-4-5-9-20(19)24/h2-14H,1H3,(H,25,27). The molecule has 0 atom stereocenters. The second kappa shape index (κ2) is 7.97. The molecule has 1 amide bonds. The monoisotopic (exact) mass is 404 g/mol. The van der Waals surface area contributed by atoms with Crippen LogP contribution in [0.2, 0.25) is 5.02 Å². The summed E-state index contributed by atoms with van der Waals surface area (Å²) in [4.78, 5) is 17.2. The van der Waals surface area contributed by atoms with Crippen LogP contribution in [0.3, 0.4) is 0 Å². The number of benzene rings is 3. The van der Waals surface area contributed by atoms with Crippen molar-refractivity contribution in [2.75, 3.05) is 5.32 Å². The maximum atomic E-state index is 12.4. The van der Waals surface area contributed by atoms with Crippen LogP contribution in [0.15, 0.2) is 78.2 Å². The molecule has 5 heteroatoms. The van der Waals surface area contributed by atoms with Crippen LogP contribution >= 0.6 is 22.9 Å². The molecule has 4 aromatic rings. The maximum absolute atomic E-state index is 12.4. The van der Waals surface area contributed by atoms with Gasteiger partial charge in [-0.05, 0) is 36.8 Å². The van der Waals surface area contributed by atoms with E-state index in [2.05, 4.69) is 29.8 Å². The lowest BCUT2D eigenvalue weighted by Gasteiger charge is -2.07. The number of nitrogens with zero attached hydrogens (tertiary/aromatic N) is 1. The van der Waals surface area contributed by atoms with E-state index in [1.807, 2.05) is 36.4 Å². The highest BCUT2D eigenvalue weighted by Crippen LogP contribution is 2.31. The topological polar surface area (TPSA) is 42.0 Å². The molecule has 28 heavy (non-hydrogen) atoms. The van der Waals surface area contributed by atoms with E-state index in [9.17, 15) is 4.79 Å². The van der Waals surface area contributed by atoms with Crippen LogP contribution in [0.4, 0.5) is 5.69 Å². The number of carbonyl (C=O) groups is 1. The number of hydrogen-bond acceptors (Lipinski definition) is 3. The molecule has 1 heterocycles. The first-order valence-electron chi connectivity index (χ1n) is 8.79. The lowest BCUT2D eigenvalue weighted by atomic mass is 10.1. The molecule has 0 bridgehead atoms. The van der Waals surface area contributed by atoms with Crippen LogP contribution in [0.25, 0.3) is 21.8 Å². The predicted molar refractivity (Wildman–Crippen MR) is 117 cm³/mol. The Kier molecular flexibility index (Phi) is 5.24. The highest BCUT2D eigenvalue weighted by molar-refractivity contribution is 7.13. The number of hydrogen-bond donors (Lipinski definition) is 1. The van der Waals surface area contributed by atoms with Crippen LogP contribution in [0.5, 0.6) is 0 Å². The minimum atomic E-state index is -0.228. The van der Waals surface area contributed by atoms with Gasteiger partial charge in [0.25, 0.3) is 5.91 Å². The summed E-state index contributed by atoms with van der Waals surface area (Å²) in [6.07, 6.45) is 0. The molecule has 0 unspecified atom stereocenters. The fourth-order valence-electron chi connectivity index (χ4n) is 2.91. The van der Waals surface area contributed by atoms with Gasteiger partial charge in [-0.1, -0.05) is 60.1 Å². The fourth-order valence-corrected chi connectivity index (χ4v) is 4.05. The van der Waals surface area contributed by atoms with Gasteiger partial charge in [-0.25, -0.2) is 4.98 Å². The number of thiazole rings is 1. The van der Waals surface area contributed by atoms with Crippen LogP contribution in [0, 0.1) is 6.92 Å². The molecule has 0 aliphatic heterocycles. The minimum absolute atomic E-state index is 0.228. The van der Waals surface area contributed by atoms with Crippen molar-refractivity contribution in [3.63, 3.8) is 0 Å². The Labute approximate surface area is 172 Å². The van der Waals surface area contributed by atoms with Gasteiger partial charge in [0.05, 0.1) is 16.3 Å². The van der Waals surface area contributed by atoms with Gasteiger partial charge in [-0.3, -0.25) is 4.79 Å². The second-order valence-corrected chi connectivity index (χ2v) is 7.63. The third-order valence-corrected chi connectivity index (χ3v) is 5.64. The average Bonchev–Trinajstić information content (AvgIpc) is 3.19. The van der Waals surface area contributed by atoms with Gasteiger partial charge in [0, 0.05) is 22.2 Å². The van der Waals surface area contributed by atoms with Crippen molar-refractivity contribution < 1.29 is 4.79 Å².